The van der Waals surface area contributed by atoms with Crippen molar-refractivity contribution in [2.75, 3.05) is 6.54 Å². The third-order valence-corrected chi connectivity index (χ3v) is 4.23. The number of carbonyl (C=O) groups excluding carboxylic acids is 1. The van der Waals surface area contributed by atoms with Gasteiger partial charge in [-0.1, -0.05) is 6.07 Å². The van der Waals surface area contributed by atoms with Gasteiger partial charge in [0.05, 0.1) is 18.0 Å². The second-order valence-electron chi connectivity index (χ2n) is 5.80. The summed E-state index contributed by atoms with van der Waals surface area (Å²) < 4.78 is 0. The van der Waals surface area contributed by atoms with Crippen LogP contribution in [-0.4, -0.2) is 28.5 Å². The fourth-order valence-corrected chi connectivity index (χ4v) is 2.79. The van der Waals surface area contributed by atoms with E-state index >= 15 is 0 Å². The number of rotatable bonds is 5. The van der Waals surface area contributed by atoms with E-state index in [2.05, 4.69) is 10.3 Å². The number of hydrogen-bond donors (Lipinski definition) is 2. The lowest BCUT2D eigenvalue weighted by molar-refractivity contribution is -0.143. The second kappa shape index (κ2) is 7.20. The maximum absolute atomic E-state index is 11.9. The first-order valence-corrected chi connectivity index (χ1v) is 7.46. The molecule has 1 amide bonds. The summed E-state index contributed by atoms with van der Waals surface area (Å²) >= 11 is 0. The van der Waals surface area contributed by atoms with Crippen LogP contribution in [0.3, 0.4) is 0 Å². The van der Waals surface area contributed by atoms with Crippen LogP contribution in [0, 0.1) is 18.8 Å². The van der Waals surface area contributed by atoms with Gasteiger partial charge in [-0.2, -0.15) is 0 Å². The molecule has 1 aromatic heterocycles. The standard InChI is InChI=1S/C16H22N2O3/c1-11-3-2-8-17-14(11)9-15(19)18-10-12-4-6-13(7-5-12)16(20)21/h2-3,8,12-13H,4-7,9-10H2,1H3,(H,18,19)(H,20,21). The monoisotopic (exact) mass is 290 g/mol. The van der Waals surface area contributed by atoms with Gasteiger partial charge in [0.2, 0.25) is 5.91 Å². The van der Waals surface area contributed by atoms with Crippen LogP contribution in [0.4, 0.5) is 0 Å². The van der Waals surface area contributed by atoms with E-state index in [0.29, 0.717) is 18.9 Å². The molecule has 0 saturated heterocycles. The zero-order chi connectivity index (χ0) is 15.2. The molecule has 2 rings (SSSR count). The van der Waals surface area contributed by atoms with E-state index in [0.717, 1.165) is 36.9 Å². The van der Waals surface area contributed by atoms with Crippen LogP contribution in [0.15, 0.2) is 18.3 Å². The second-order valence-corrected chi connectivity index (χ2v) is 5.80. The summed E-state index contributed by atoms with van der Waals surface area (Å²) in [7, 11) is 0. The van der Waals surface area contributed by atoms with Crippen molar-refractivity contribution in [1.29, 1.82) is 0 Å². The van der Waals surface area contributed by atoms with Gasteiger partial charge in [0.25, 0.3) is 0 Å². The molecule has 0 aliphatic heterocycles. The summed E-state index contributed by atoms with van der Waals surface area (Å²) in [6, 6.07) is 3.81. The van der Waals surface area contributed by atoms with Gasteiger partial charge in [-0.3, -0.25) is 14.6 Å². The molecule has 1 aromatic rings. The summed E-state index contributed by atoms with van der Waals surface area (Å²) in [5.41, 5.74) is 1.83. The topological polar surface area (TPSA) is 79.3 Å². The normalized spacial score (nSPS) is 21.8. The molecular formula is C16H22N2O3. The van der Waals surface area contributed by atoms with Crippen molar-refractivity contribution in [3.63, 3.8) is 0 Å². The minimum Gasteiger partial charge on any atom is -0.481 e. The van der Waals surface area contributed by atoms with Gasteiger partial charge in [0.15, 0.2) is 0 Å². The number of carbonyl (C=O) groups is 2. The molecule has 0 bridgehead atoms. The molecule has 0 aromatic carbocycles. The van der Waals surface area contributed by atoms with E-state index < -0.39 is 5.97 Å². The minimum absolute atomic E-state index is 0.0165. The largest absolute Gasteiger partial charge is 0.481 e. The predicted molar refractivity (Wildman–Crippen MR) is 78.8 cm³/mol. The maximum Gasteiger partial charge on any atom is 0.306 e. The molecule has 0 radical (unpaired) electrons. The van der Waals surface area contributed by atoms with Crippen LogP contribution in [0.5, 0.6) is 0 Å². The van der Waals surface area contributed by atoms with E-state index in [1.165, 1.54) is 0 Å². The number of pyridine rings is 1. The molecule has 5 nitrogen and oxygen atoms in total. The molecule has 0 spiro atoms. The van der Waals surface area contributed by atoms with Crippen molar-refractivity contribution in [3.05, 3.63) is 29.6 Å². The number of nitrogens with zero attached hydrogens (tertiary/aromatic N) is 1. The Morgan fingerprint density at radius 3 is 2.67 bits per heavy atom. The molecular weight excluding hydrogens is 268 g/mol. The highest BCUT2D eigenvalue weighted by molar-refractivity contribution is 5.78. The number of hydrogen-bond acceptors (Lipinski definition) is 3. The number of carboxylic acids is 1. The van der Waals surface area contributed by atoms with E-state index in [-0.39, 0.29) is 11.8 Å². The molecule has 1 heterocycles. The smallest absolute Gasteiger partial charge is 0.306 e. The molecule has 0 atom stereocenters. The zero-order valence-electron chi connectivity index (χ0n) is 12.3. The lowest BCUT2D eigenvalue weighted by Crippen LogP contribution is -2.33. The van der Waals surface area contributed by atoms with Crippen molar-refractivity contribution in [2.24, 2.45) is 11.8 Å². The van der Waals surface area contributed by atoms with Crippen LogP contribution in [0.25, 0.3) is 0 Å². The Balaban J connectivity index is 1.73. The van der Waals surface area contributed by atoms with E-state index in [4.69, 9.17) is 5.11 Å². The van der Waals surface area contributed by atoms with Gasteiger partial charge >= 0.3 is 5.97 Å². The fourth-order valence-electron chi connectivity index (χ4n) is 2.79. The molecule has 1 aliphatic carbocycles. The van der Waals surface area contributed by atoms with Crippen molar-refractivity contribution in [3.8, 4) is 0 Å². The summed E-state index contributed by atoms with van der Waals surface area (Å²) in [4.78, 5) is 27.0. The highest BCUT2D eigenvalue weighted by atomic mass is 16.4. The first-order valence-electron chi connectivity index (χ1n) is 7.46. The first-order chi connectivity index (χ1) is 10.1. The third-order valence-electron chi connectivity index (χ3n) is 4.23. The van der Waals surface area contributed by atoms with Crippen LogP contribution < -0.4 is 5.32 Å². The van der Waals surface area contributed by atoms with Crippen molar-refractivity contribution < 1.29 is 14.7 Å². The fraction of sp³-hybridized carbons (Fsp3) is 0.562. The SMILES string of the molecule is Cc1cccnc1CC(=O)NCC1CCC(C(=O)O)CC1. The lowest BCUT2D eigenvalue weighted by atomic mass is 9.82. The Morgan fingerprint density at radius 2 is 2.05 bits per heavy atom. The van der Waals surface area contributed by atoms with Crippen molar-refractivity contribution in [1.82, 2.24) is 10.3 Å². The van der Waals surface area contributed by atoms with Crippen LogP contribution >= 0.6 is 0 Å². The Bertz CT molecular complexity index is 508. The maximum atomic E-state index is 11.9. The van der Waals surface area contributed by atoms with Gasteiger partial charge < -0.3 is 10.4 Å². The molecule has 1 aliphatic rings. The third kappa shape index (κ3) is 4.55. The van der Waals surface area contributed by atoms with Gasteiger partial charge in [-0.05, 0) is 50.2 Å². The average Bonchev–Trinajstić information content (AvgIpc) is 2.48. The van der Waals surface area contributed by atoms with Gasteiger partial charge in [0, 0.05) is 12.7 Å². The Kier molecular flexibility index (Phi) is 5.31. The van der Waals surface area contributed by atoms with Crippen LogP contribution in [0.2, 0.25) is 0 Å². The van der Waals surface area contributed by atoms with Crippen LogP contribution in [-0.2, 0) is 16.0 Å². The predicted octanol–water partition coefficient (Wildman–Crippen LogP) is 1.94. The molecule has 1 saturated carbocycles. The zero-order valence-corrected chi connectivity index (χ0v) is 12.3. The number of aryl methyl sites for hydroxylation is 1. The number of carboxylic acid groups (broad SMARTS) is 1. The summed E-state index contributed by atoms with van der Waals surface area (Å²) in [5.74, 6) is -0.511. The van der Waals surface area contributed by atoms with Gasteiger partial charge in [0.1, 0.15) is 0 Å². The highest BCUT2D eigenvalue weighted by Crippen LogP contribution is 2.28. The number of amides is 1. The first kappa shape index (κ1) is 15.5. The summed E-state index contributed by atoms with van der Waals surface area (Å²) in [6.45, 7) is 2.58. The number of aliphatic carboxylic acids is 1. The summed E-state index contributed by atoms with van der Waals surface area (Å²) in [5, 5.41) is 11.9. The quantitative estimate of drug-likeness (QED) is 0.868. The van der Waals surface area contributed by atoms with E-state index in [9.17, 15) is 9.59 Å². The molecule has 2 N–H and O–H groups in total. The number of aromatic nitrogens is 1. The summed E-state index contributed by atoms with van der Waals surface area (Å²) in [6.07, 6.45) is 5.18. The van der Waals surface area contributed by atoms with Gasteiger partial charge in [-0.15, -0.1) is 0 Å². The Hall–Kier alpha value is -1.91. The average molecular weight is 290 g/mol. The molecule has 5 heteroatoms. The molecule has 0 unspecified atom stereocenters. The minimum atomic E-state index is -0.692. The van der Waals surface area contributed by atoms with Crippen LogP contribution in [0.1, 0.15) is 36.9 Å². The molecule has 114 valence electrons. The molecule has 21 heavy (non-hydrogen) atoms. The Morgan fingerprint density at radius 1 is 1.33 bits per heavy atom. The van der Waals surface area contributed by atoms with Crippen molar-refractivity contribution in [2.45, 2.75) is 39.0 Å². The molecule has 1 fully saturated rings. The lowest BCUT2D eigenvalue weighted by Gasteiger charge is -2.26. The number of nitrogens with one attached hydrogen (secondary N) is 1. The Labute approximate surface area is 124 Å². The highest BCUT2D eigenvalue weighted by Gasteiger charge is 2.25. The van der Waals surface area contributed by atoms with E-state index in [1.54, 1.807) is 6.20 Å². The van der Waals surface area contributed by atoms with Gasteiger partial charge in [-0.25, -0.2) is 0 Å². The van der Waals surface area contributed by atoms with Crippen molar-refractivity contribution >= 4 is 11.9 Å². The van der Waals surface area contributed by atoms with E-state index in [1.807, 2.05) is 19.1 Å².